The van der Waals surface area contributed by atoms with Gasteiger partial charge in [-0.25, -0.2) is 5.43 Å². The van der Waals surface area contributed by atoms with E-state index in [0.29, 0.717) is 11.5 Å². The van der Waals surface area contributed by atoms with Crippen LogP contribution >= 0.6 is 11.8 Å². The molecule has 1 heterocycles. The van der Waals surface area contributed by atoms with E-state index in [1.165, 1.54) is 11.8 Å². The van der Waals surface area contributed by atoms with Gasteiger partial charge in [0, 0.05) is 5.75 Å². The second kappa shape index (κ2) is 7.43. The van der Waals surface area contributed by atoms with Crippen molar-refractivity contribution in [2.45, 2.75) is 5.75 Å². The Bertz CT molecular complexity index is 524. The summed E-state index contributed by atoms with van der Waals surface area (Å²) in [6.45, 7) is 0. The number of hydrogen-bond donors (Lipinski definition) is 1. The minimum absolute atomic E-state index is 0.122. The first kappa shape index (κ1) is 13.4. The average molecular weight is 274 g/mol. The van der Waals surface area contributed by atoms with Crippen LogP contribution < -0.4 is 5.43 Å². The van der Waals surface area contributed by atoms with E-state index in [-0.39, 0.29) is 5.91 Å². The van der Waals surface area contributed by atoms with E-state index < -0.39 is 0 Å². The Labute approximate surface area is 115 Å². The molecular formula is C14H14N2O2S. The summed E-state index contributed by atoms with van der Waals surface area (Å²) in [6, 6.07) is 13.6. The highest BCUT2D eigenvalue weighted by Crippen LogP contribution is 2.10. The predicted molar refractivity (Wildman–Crippen MR) is 77.0 cm³/mol. The quantitative estimate of drug-likeness (QED) is 0.651. The van der Waals surface area contributed by atoms with Crippen LogP contribution in [0, 0.1) is 0 Å². The molecule has 2 rings (SSSR count). The summed E-state index contributed by atoms with van der Waals surface area (Å²) in [6.07, 6.45) is 3.03. The van der Waals surface area contributed by atoms with Crippen LogP contribution in [0.1, 0.15) is 11.3 Å². The van der Waals surface area contributed by atoms with Gasteiger partial charge in [0.25, 0.3) is 0 Å². The number of rotatable bonds is 6. The first-order valence-corrected chi connectivity index (χ1v) is 6.97. The second-order valence-electron chi connectivity index (χ2n) is 3.79. The first-order valence-electron chi connectivity index (χ1n) is 5.81. The second-order valence-corrected chi connectivity index (χ2v) is 4.77. The zero-order valence-corrected chi connectivity index (χ0v) is 11.1. The molecule has 0 saturated heterocycles. The molecule has 1 N–H and O–H groups in total. The monoisotopic (exact) mass is 274 g/mol. The number of hydrogen-bond acceptors (Lipinski definition) is 4. The molecule has 1 aromatic heterocycles. The van der Waals surface area contributed by atoms with E-state index in [9.17, 15) is 4.79 Å². The van der Waals surface area contributed by atoms with Crippen LogP contribution in [0.15, 0.2) is 58.2 Å². The number of carbonyl (C=O) groups excluding carboxylic acids is 1. The van der Waals surface area contributed by atoms with E-state index in [4.69, 9.17) is 4.42 Å². The number of nitrogens with zero attached hydrogens (tertiary/aromatic N) is 1. The van der Waals surface area contributed by atoms with E-state index in [1.807, 2.05) is 30.3 Å². The molecule has 98 valence electrons. The lowest BCUT2D eigenvalue weighted by Gasteiger charge is -2.00. The van der Waals surface area contributed by atoms with Crippen molar-refractivity contribution >= 4 is 23.9 Å². The van der Waals surface area contributed by atoms with Gasteiger partial charge in [-0.2, -0.15) is 5.10 Å². The number of thioether (sulfide) groups is 1. The fraction of sp³-hybridized carbons (Fsp3) is 0.143. The number of hydrazone groups is 1. The van der Waals surface area contributed by atoms with Crippen molar-refractivity contribution in [1.29, 1.82) is 0 Å². The van der Waals surface area contributed by atoms with E-state index in [0.717, 1.165) is 5.75 Å². The molecule has 0 radical (unpaired) electrons. The SMILES string of the molecule is O=C(CSCc1ccccc1)N/N=C/c1ccco1. The summed E-state index contributed by atoms with van der Waals surface area (Å²) >= 11 is 1.55. The summed E-state index contributed by atoms with van der Waals surface area (Å²) in [7, 11) is 0. The highest BCUT2D eigenvalue weighted by molar-refractivity contribution is 7.99. The third-order valence-corrected chi connectivity index (χ3v) is 3.27. The van der Waals surface area contributed by atoms with Gasteiger partial charge in [0.2, 0.25) is 5.91 Å². The average Bonchev–Trinajstić information content (AvgIpc) is 2.93. The smallest absolute Gasteiger partial charge is 0.250 e. The minimum atomic E-state index is -0.122. The summed E-state index contributed by atoms with van der Waals surface area (Å²) < 4.78 is 5.05. The molecule has 0 fully saturated rings. The fourth-order valence-electron chi connectivity index (χ4n) is 1.40. The van der Waals surface area contributed by atoms with Gasteiger partial charge in [-0.3, -0.25) is 4.79 Å². The van der Waals surface area contributed by atoms with Crippen molar-refractivity contribution in [2.75, 3.05) is 5.75 Å². The Morgan fingerprint density at radius 1 is 1.26 bits per heavy atom. The Morgan fingerprint density at radius 2 is 2.11 bits per heavy atom. The van der Waals surface area contributed by atoms with Crippen LogP contribution in [0.4, 0.5) is 0 Å². The van der Waals surface area contributed by atoms with Crippen molar-refractivity contribution in [3.8, 4) is 0 Å². The molecule has 2 aromatic rings. The van der Waals surface area contributed by atoms with Crippen molar-refractivity contribution in [2.24, 2.45) is 5.10 Å². The zero-order chi connectivity index (χ0) is 13.3. The van der Waals surface area contributed by atoms with Crippen molar-refractivity contribution in [3.63, 3.8) is 0 Å². The van der Waals surface area contributed by atoms with Crippen LogP contribution in [0.2, 0.25) is 0 Å². The Morgan fingerprint density at radius 3 is 2.84 bits per heavy atom. The van der Waals surface area contributed by atoms with E-state index >= 15 is 0 Å². The van der Waals surface area contributed by atoms with Gasteiger partial charge in [0.15, 0.2) is 0 Å². The maximum Gasteiger partial charge on any atom is 0.250 e. The number of benzene rings is 1. The van der Waals surface area contributed by atoms with Crippen LogP contribution in [0.5, 0.6) is 0 Å². The molecule has 1 aromatic carbocycles. The van der Waals surface area contributed by atoms with Crippen molar-refractivity contribution < 1.29 is 9.21 Å². The van der Waals surface area contributed by atoms with Gasteiger partial charge in [-0.05, 0) is 17.7 Å². The van der Waals surface area contributed by atoms with Gasteiger partial charge in [-0.15, -0.1) is 11.8 Å². The summed E-state index contributed by atoms with van der Waals surface area (Å²) in [5.74, 6) is 1.68. The van der Waals surface area contributed by atoms with Gasteiger partial charge < -0.3 is 4.42 Å². The zero-order valence-electron chi connectivity index (χ0n) is 10.3. The Balaban J connectivity index is 1.65. The van der Waals surface area contributed by atoms with Crippen LogP contribution in [-0.2, 0) is 10.5 Å². The van der Waals surface area contributed by atoms with E-state index in [2.05, 4.69) is 10.5 Å². The minimum Gasteiger partial charge on any atom is -0.463 e. The van der Waals surface area contributed by atoms with Gasteiger partial charge in [0.05, 0.1) is 18.2 Å². The number of nitrogens with one attached hydrogen (secondary N) is 1. The highest BCUT2D eigenvalue weighted by atomic mass is 32.2. The molecule has 0 atom stereocenters. The molecule has 4 nitrogen and oxygen atoms in total. The molecule has 0 aliphatic carbocycles. The third kappa shape index (κ3) is 5.01. The maximum atomic E-state index is 11.5. The van der Waals surface area contributed by atoms with Gasteiger partial charge in [0.1, 0.15) is 5.76 Å². The molecule has 0 bridgehead atoms. The Kier molecular flexibility index (Phi) is 5.25. The summed E-state index contributed by atoms with van der Waals surface area (Å²) in [4.78, 5) is 11.5. The van der Waals surface area contributed by atoms with Crippen molar-refractivity contribution in [1.82, 2.24) is 5.43 Å². The number of carbonyl (C=O) groups is 1. The standard InChI is InChI=1S/C14H14N2O2S/c17-14(16-15-9-13-7-4-8-18-13)11-19-10-12-5-2-1-3-6-12/h1-9H,10-11H2,(H,16,17)/b15-9+. The molecule has 0 aliphatic rings. The topological polar surface area (TPSA) is 54.6 Å². The molecule has 19 heavy (non-hydrogen) atoms. The first-order chi connectivity index (χ1) is 9.34. The number of furan rings is 1. The van der Waals surface area contributed by atoms with Crippen LogP contribution in [-0.4, -0.2) is 17.9 Å². The van der Waals surface area contributed by atoms with Crippen LogP contribution in [0.25, 0.3) is 0 Å². The van der Waals surface area contributed by atoms with E-state index in [1.54, 1.807) is 30.2 Å². The normalized spacial score (nSPS) is 10.7. The molecule has 1 amide bonds. The molecular weight excluding hydrogens is 260 g/mol. The fourth-order valence-corrected chi connectivity index (χ4v) is 2.18. The molecule has 5 heteroatoms. The third-order valence-electron chi connectivity index (χ3n) is 2.27. The lowest BCUT2D eigenvalue weighted by molar-refractivity contribution is -0.118. The van der Waals surface area contributed by atoms with Gasteiger partial charge in [-0.1, -0.05) is 30.3 Å². The predicted octanol–water partition coefficient (Wildman–Crippen LogP) is 2.66. The van der Waals surface area contributed by atoms with Gasteiger partial charge >= 0.3 is 0 Å². The lowest BCUT2D eigenvalue weighted by atomic mass is 10.2. The largest absolute Gasteiger partial charge is 0.463 e. The number of amides is 1. The molecule has 0 unspecified atom stereocenters. The summed E-state index contributed by atoms with van der Waals surface area (Å²) in [5.41, 5.74) is 3.66. The van der Waals surface area contributed by atoms with Crippen molar-refractivity contribution in [3.05, 3.63) is 60.1 Å². The molecule has 0 spiro atoms. The maximum absolute atomic E-state index is 11.5. The van der Waals surface area contributed by atoms with Crippen LogP contribution in [0.3, 0.4) is 0 Å². The molecule has 0 aliphatic heterocycles. The summed E-state index contributed by atoms with van der Waals surface area (Å²) in [5, 5.41) is 3.81. The lowest BCUT2D eigenvalue weighted by Crippen LogP contribution is -2.19. The Hall–Kier alpha value is -2.01. The molecule has 0 saturated carbocycles. The highest BCUT2D eigenvalue weighted by Gasteiger charge is 2.00.